The van der Waals surface area contributed by atoms with Crippen molar-refractivity contribution in [3.63, 3.8) is 0 Å². The van der Waals surface area contributed by atoms with Gasteiger partial charge in [0, 0.05) is 19.6 Å². The summed E-state index contributed by atoms with van der Waals surface area (Å²) in [6.07, 6.45) is 1.42. The van der Waals surface area contributed by atoms with Gasteiger partial charge in [0.25, 0.3) is 0 Å². The third kappa shape index (κ3) is 3.80. The Hall–Kier alpha value is -1.43. The summed E-state index contributed by atoms with van der Waals surface area (Å²) in [4.78, 5) is 36.2. The van der Waals surface area contributed by atoms with Crippen LogP contribution in [0.1, 0.15) is 33.1 Å². The molecule has 0 aliphatic carbocycles. The molecule has 0 spiro atoms. The largest absolute Gasteiger partial charge is 0.382 e. The minimum atomic E-state index is -0.526. The summed E-state index contributed by atoms with van der Waals surface area (Å²) in [5.41, 5.74) is 0. The monoisotopic (exact) mass is 256 g/mol. The normalized spacial score (nSPS) is 19.9. The minimum absolute atomic E-state index is 0.0300. The predicted octanol–water partition coefficient (Wildman–Crippen LogP) is 0.0667. The summed E-state index contributed by atoms with van der Waals surface area (Å²) in [6.45, 7) is 4.82. The van der Waals surface area contributed by atoms with E-state index < -0.39 is 11.9 Å². The molecule has 3 amide bonds. The second kappa shape index (κ2) is 7.10. The summed E-state index contributed by atoms with van der Waals surface area (Å²) >= 11 is 0. The molecule has 0 bridgehead atoms. The summed E-state index contributed by atoms with van der Waals surface area (Å²) in [7, 11) is 0. The molecule has 1 atom stereocenters. The number of hydrogen-bond acceptors (Lipinski definition) is 4. The van der Waals surface area contributed by atoms with E-state index in [-0.39, 0.29) is 18.4 Å². The number of rotatable bonds is 6. The van der Waals surface area contributed by atoms with Gasteiger partial charge in [0.15, 0.2) is 0 Å². The number of piperazine rings is 1. The zero-order valence-corrected chi connectivity index (χ0v) is 10.9. The number of carbonyl (C=O) groups is 3. The summed E-state index contributed by atoms with van der Waals surface area (Å²) < 4.78 is 5.15. The van der Waals surface area contributed by atoms with E-state index in [1.165, 1.54) is 4.90 Å². The Morgan fingerprint density at radius 2 is 2.17 bits per heavy atom. The van der Waals surface area contributed by atoms with Gasteiger partial charge in [-0.2, -0.15) is 0 Å². The average Bonchev–Trinajstić information content (AvgIpc) is 2.33. The number of amides is 3. The van der Waals surface area contributed by atoms with Crippen molar-refractivity contribution in [1.29, 1.82) is 0 Å². The van der Waals surface area contributed by atoms with E-state index >= 15 is 0 Å². The zero-order chi connectivity index (χ0) is 13.5. The lowest BCUT2D eigenvalue weighted by Gasteiger charge is -2.33. The molecule has 0 saturated carbocycles. The van der Waals surface area contributed by atoms with Gasteiger partial charge in [0.1, 0.15) is 12.6 Å². The first-order chi connectivity index (χ1) is 8.60. The van der Waals surface area contributed by atoms with E-state index in [1.807, 2.05) is 13.8 Å². The SMILES string of the molecule is CCOCCCC(=O)N1CC(=O)NC(=O)C1CC. The smallest absolute Gasteiger partial charge is 0.249 e. The predicted molar refractivity (Wildman–Crippen MR) is 64.7 cm³/mol. The number of imide groups is 1. The van der Waals surface area contributed by atoms with Gasteiger partial charge in [-0.1, -0.05) is 6.92 Å². The van der Waals surface area contributed by atoms with Crippen molar-refractivity contribution >= 4 is 17.7 Å². The van der Waals surface area contributed by atoms with Crippen molar-refractivity contribution in [3.8, 4) is 0 Å². The Kier molecular flexibility index (Phi) is 5.77. The van der Waals surface area contributed by atoms with Crippen LogP contribution < -0.4 is 5.32 Å². The molecule has 1 fully saturated rings. The summed E-state index contributed by atoms with van der Waals surface area (Å²) in [5.74, 6) is -0.959. The number of nitrogens with zero attached hydrogens (tertiary/aromatic N) is 1. The highest BCUT2D eigenvalue weighted by atomic mass is 16.5. The van der Waals surface area contributed by atoms with Gasteiger partial charge in [0.2, 0.25) is 17.7 Å². The highest BCUT2D eigenvalue weighted by Crippen LogP contribution is 2.11. The van der Waals surface area contributed by atoms with Crippen molar-refractivity contribution in [2.24, 2.45) is 0 Å². The van der Waals surface area contributed by atoms with Gasteiger partial charge < -0.3 is 9.64 Å². The standard InChI is InChI=1S/C12H20N2O4/c1-3-9-12(17)13-10(15)8-14(9)11(16)6-5-7-18-4-2/h9H,3-8H2,1-2H3,(H,13,15,17). The molecule has 6 heteroatoms. The van der Waals surface area contributed by atoms with Crippen LogP contribution in [0.25, 0.3) is 0 Å². The van der Waals surface area contributed by atoms with E-state index in [1.54, 1.807) is 0 Å². The maximum Gasteiger partial charge on any atom is 0.249 e. The Morgan fingerprint density at radius 3 is 2.78 bits per heavy atom. The molecule has 0 radical (unpaired) electrons. The highest BCUT2D eigenvalue weighted by molar-refractivity contribution is 6.04. The molecular weight excluding hydrogens is 236 g/mol. The molecule has 1 aliphatic rings. The van der Waals surface area contributed by atoms with Crippen molar-refractivity contribution in [2.45, 2.75) is 39.2 Å². The van der Waals surface area contributed by atoms with E-state index in [0.29, 0.717) is 32.5 Å². The second-order valence-electron chi connectivity index (χ2n) is 4.16. The lowest BCUT2D eigenvalue weighted by molar-refractivity contribution is -0.150. The minimum Gasteiger partial charge on any atom is -0.382 e. The van der Waals surface area contributed by atoms with Crippen molar-refractivity contribution in [2.75, 3.05) is 19.8 Å². The van der Waals surface area contributed by atoms with Crippen LogP contribution in [0.3, 0.4) is 0 Å². The van der Waals surface area contributed by atoms with Crippen LogP contribution in [0.5, 0.6) is 0 Å². The van der Waals surface area contributed by atoms with Crippen LogP contribution in [0.15, 0.2) is 0 Å². The van der Waals surface area contributed by atoms with Crippen LogP contribution in [0.2, 0.25) is 0 Å². The third-order valence-corrected chi connectivity index (χ3v) is 2.85. The van der Waals surface area contributed by atoms with Crippen LogP contribution in [-0.2, 0) is 19.1 Å². The molecule has 1 rings (SSSR count). The Morgan fingerprint density at radius 1 is 1.44 bits per heavy atom. The quantitative estimate of drug-likeness (QED) is 0.539. The number of hydrogen-bond donors (Lipinski definition) is 1. The van der Waals surface area contributed by atoms with E-state index in [9.17, 15) is 14.4 Å². The van der Waals surface area contributed by atoms with Crippen molar-refractivity contribution in [1.82, 2.24) is 10.2 Å². The van der Waals surface area contributed by atoms with Gasteiger partial charge in [-0.3, -0.25) is 19.7 Å². The average molecular weight is 256 g/mol. The number of nitrogens with one attached hydrogen (secondary N) is 1. The maximum atomic E-state index is 12.0. The lowest BCUT2D eigenvalue weighted by Crippen LogP contribution is -2.59. The van der Waals surface area contributed by atoms with E-state index in [2.05, 4.69) is 5.32 Å². The maximum absolute atomic E-state index is 12.0. The number of carbonyl (C=O) groups excluding carboxylic acids is 3. The lowest BCUT2D eigenvalue weighted by atomic mass is 10.1. The molecular formula is C12H20N2O4. The summed E-state index contributed by atoms with van der Waals surface area (Å²) in [5, 5.41) is 2.25. The van der Waals surface area contributed by atoms with Gasteiger partial charge in [0.05, 0.1) is 0 Å². The Balaban J connectivity index is 2.52. The fourth-order valence-corrected chi connectivity index (χ4v) is 1.95. The molecule has 1 unspecified atom stereocenters. The van der Waals surface area contributed by atoms with Crippen LogP contribution in [0, 0.1) is 0 Å². The fraction of sp³-hybridized carbons (Fsp3) is 0.750. The molecule has 18 heavy (non-hydrogen) atoms. The molecule has 6 nitrogen and oxygen atoms in total. The molecule has 1 saturated heterocycles. The first-order valence-electron chi connectivity index (χ1n) is 6.31. The van der Waals surface area contributed by atoms with E-state index in [0.717, 1.165) is 0 Å². The first-order valence-corrected chi connectivity index (χ1v) is 6.31. The Bertz CT molecular complexity index is 330. The van der Waals surface area contributed by atoms with Crippen molar-refractivity contribution < 1.29 is 19.1 Å². The molecule has 0 aromatic rings. The second-order valence-corrected chi connectivity index (χ2v) is 4.16. The Labute approximate surface area is 107 Å². The molecule has 0 aromatic carbocycles. The fourth-order valence-electron chi connectivity index (χ4n) is 1.95. The highest BCUT2D eigenvalue weighted by Gasteiger charge is 2.34. The molecule has 0 aromatic heterocycles. The van der Waals surface area contributed by atoms with Crippen molar-refractivity contribution in [3.05, 3.63) is 0 Å². The summed E-state index contributed by atoms with van der Waals surface area (Å²) in [6, 6.07) is -0.526. The van der Waals surface area contributed by atoms with Crippen LogP contribution >= 0.6 is 0 Å². The van der Waals surface area contributed by atoms with Crippen LogP contribution in [0.4, 0.5) is 0 Å². The van der Waals surface area contributed by atoms with Gasteiger partial charge in [-0.15, -0.1) is 0 Å². The van der Waals surface area contributed by atoms with Gasteiger partial charge in [-0.25, -0.2) is 0 Å². The van der Waals surface area contributed by atoms with E-state index in [4.69, 9.17) is 4.74 Å². The third-order valence-electron chi connectivity index (χ3n) is 2.85. The molecule has 1 N–H and O–H groups in total. The molecule has 1 aliphatic heterocycles. The van der Waals surface area contributed by atoms with Crippen LogP contribution in [-0.4, -0.2) is 48.4 Å². The molecule has 102 valence electrons. The first kappa shape index (κ1) is 14.6. The topological polar surface area (TPSA) is 75.7 Å². The van der Waals surface area contributed by atoms with Gasteiger partial charge in [-0.05, 0) is 19.8 Å². The number of ether oxygens (including phenoxy) is 1. The molecule has 1 heterocycles. The zero-order valence-electron chi connectivity index (χ0n) is 10.9. The van der Waals surface area contributed by atoms with Gasteiger partial charge >= 0.3 is 0 Å².